The fourth-order valence-corrected chi connectivity index (χ4v) is 1.72. The molecule has 4 heteroatoms. The van der Waals surface area contributed by atoms with Gasteiger partial charge in [-0.05, 0) is 30.7 Å². The monoisotopic (exact) mass is 231 g/mol. The fourth-order valence-electron chi connectivity index (χ4n) is 1.72. The first-order chi connectivity index (χ1) is 8.15. The van der Waals surface area contributed by atoms with Crippen molar-refractivity contribution in [2.24, 2.45) is 0 Å². The molecule has 0 aliphatic rings. The van der Waals surface area contributed by atoms with E-state index >= 15 is 0 Å². The third-order valence-corrected chi connectivity index (χ3v) is 2.62. The van der Waals surface area contributed by atoms with Crippen LogP contribution >= 0.6 is 0 Å². The SMILES string of the molecule is COC(=O)c1cc(C)c2ccc(OC)cc2n1. The summed E-state index contributed by atoms with van der Waals surface area (Å²) >= 11 is 0. The van der Waals surface area contributed by atoms with Crippen molar-refractivity contribution in [1.29, 1.82) is 0 Å². The molecule has 0 radical (unpaired) electrons. The van der Waals surface area contributed by atoms with Crippen LogP contribution in [-0.4, -0.2) is 25.2 Å². The zero-order valence-corrected chi connectivity index (χ0v) is 9.98. The molecule has 0 aliphatic heterocycles. The zero-order chi connectivity index (χ0) is 12.4. The summed E-state index contributed by atoms with van der Waals surface area (Å²) in [4.78, 5) is 15.7. The van der Waals surface area contributed by atoms with Crippen LogP contribution in [0.5, 0.6) is 5.75 Å². The molecule has 0 atom stereocenters. The van der Waals surface area contributed by atoms with Crippen molar-refractivity contribution in [3.63, 3.8) is 0 Å². The van der Waals surface area contributed by atoms with E-state index in [9.17, 15) is 4.79 Å². The highest BCUT2D eigenvalue weighted by molar-refractivity contribution is 5.92. The van der Waals surface area contributed by atoms with E-state index < -0.39 is 5.97 Å². The van der Waals surface area contributed by atoms with Gasteiger partial charge >= 0.3 is 5.97 Å². The molecule has 1 aromatic carbocycles. The van der Waals surface area contributed by atoms with Gasteiger partial charge in [0.05, 0.1) is 19.7 Å². The number of carbonyl (C=O) groups excluding carboxylic acids is 1. The summed E-state index contributed by atoms with van der Waals surface area (Å²) in [6.07, 6.45) is 0. The van der Waals surface area contributed by atoms with E-state index in [4.69, 9.17) is 4.74 Å². The summed E-state index contributed by atoms with van der Waals surface area (Å²) < 4.78 is 9.80. The van der Waals surface area contributed by atoms with Gasteiger partial charge in [-0.2, -0.15) is 0 Å². The van der Waals surface area contributed by atoms with Crippen LogP contribution < -0.4 is 4.74 Å². The molecule has 0 amide bonds. The minimum atomic E-state index is -0.433. The topological polar surface area (TPSA) is 48.4 Å². The van der Waals surface area contributed by atoms with Gasteiger partial charge in [0.15, 0.2) is 0 Å². The van der Waals surface area contributed by atoms with E-state index in [0.717, 1.165) is 16.5 Å². The number of pyridine rings is 1. The number of ether oxygens (including phenoxy) is 2. The Labute approximate surface area is 99.2 Å². The lowest BCUT2D eigenvalue weighted by Crippen LogP contribution is -2.05. The highest BCUT2D eigenvalue weighted by Gasteiger charge is 2.10. The highest BCUT2D eigenvalue weighted by Crippen LogP contribution is 2.22. The van der Waals surface area contributed by atoms with Crippen molar-refractivity contribution in [2.75, 3.05) is 14.2 Å². The summed E-state index contributed by atoms with van der Waals surface area (Å²) in [7, 11) is 2.94. The Kier molecular flexibility index (Phi) is 2.95. The quantitative estimate of drug-likeness (QED) is 0.744. The maximum absolute atomic E-state index is 11.4. The van der Waals surface area contributed by atoms with Crippen LogP contribution in [0.2, 0.25) is 0 Å². The molecule has 4 nitrogen and oxygen atoms in total. The van der Waals surface area contributed by atoms with Crippen molar-refractivity contribution < 1.29 is 14.3 Å². The molecule has 0 fully saturated rings. The Morgan fingerprint density at radius 3 is 2.65 bits per heavy atom. The van der Waals surface area contributed by atoms with Gasteiger partial charge < -0.3 is 9.47 Å². The normalized spacial score (nSPS) is 10.3. The first-order valence-electron chi connectivity index (χ1n) is 5.19. The Hall–Kier alpha value is -2.10. The molecular formula is C13H13NO3. The van der Waals surface area contributed by atoms with Crippen LogP contribution in [0.3, 0.4) is 0 Å². The van der Waals surface area contributed by atoms with Gasteiger partial charge in [0.2, 0.25) is 0 Å². The predicted molar refractivity (Wildman–Crippen MR) is 64.4 cm³/mol. The number of rotatable bonds is 2. The molecule has 0 spiro atoms. The van der Waals surface area contributed by atoms with E-state index in [1.807, 2.05) is 19.1 Å². The number of methoxy groups -OCH3 is 2. The van der Waals surface area contributed by atoms with Crippen molar-refractivity contribution in [3.05, 3.63) is 35.5 Å². The van der Waals surface area contributed by atoms with Gasteiger partial charge in [-0.25, -0.2) is 9.78 Å². The Morgan fingerprint density at radius 1 is 1.24 bits per heavy atom. The number of hydrogen-bond acceptors (Lipinski definition) is 4. The van der Waals surface area contributed by atoms with Crippen LogP contribution in [-0.2, 0) is 4.74 Å². The van der Waals surface area contributed by atoms with Crippen LogP contribution in [0, 0.1) is 6.92 Å². The maximum atomic E-state index is 11.4. The number of aromatic nitrogens is 1. The Morgan fingerprint density at radius 2 is 2.00 bits per heavy atom. The fraction of sp³-hybridized carbons (Fsp3) is 0.231. The Balaban J connectivity index is 2.65. The summed E-state index contributed by atoms with van der Waals surface area (Å²) in [5.41, 5.74) is 2.02. The maximum Gasteiger partial charge on any atom is 0.356 e. The first-order valence-corrected chi connectivity index (χ1v) is 5.19. The average molecular weight is 231 g/mol. The van der Waals surface area contributed by atoms with Crippen LogP contribution in [0.1, 0.15) is 16.1 Å². The van der Waals surface area contributed by atoms with E-state index in [-0.39, 0.29) is 0 Å². The molecule has 0 saturated carbocycles. The number of benzene rings is 1. The zero-order valence-electron chi connectivity index (χ0n) is 9.98. The number of aryl methyl sites for hydroxylation is 1. The van der Waals surface area contributed by atoms with Gasteiger partial charge in [0.25, 0.3) is 0 Å². The number of hydrogen-bond donors (Lipinski definition) is 0. The van der Waals surface area contributed by atoms with Gasteiger partial charge in [-0.15, -0.1) is 0 Å². The van der Waals surface area contributed by atoms with Crippen LogP contribution in [0.15, 0.2) is 24.3 Å². The van der Waals surface area contributed by atoms with Crippen molar-refractivity contribution >= 4 is 16.9 Å². The summed E-state index contributed by atoms with van der Waals surface area (Å²) in [5.74, 6) is 0.282. The lowest BCUT2D eigenvalue weighted by molar-refractivity contribution is 0.0594. The smallest absolute Gasteiger partial charge is 0.356 e. The summed E-state index contributed by atoms with van der Waals surface area (Å²) in [6, 6.07) is 7.32. The minimum Gasteiger partial charge on any atom is -0.497 e. The molecule has 0 saturated heterocycles. The lowest BCUT2D eigenvalue weighted by Gasteiger charge is -2.06. The van der Waals surface area contributed by atoms with Crippen molar-refractivity contribution in [3.8, 4) is 5.75 Å². The number of carbonyl (C=O) groups is 1. The lowest BCUT2D eigenvalue weighted by atomic mass is 10.1. The molecule has 1 heterocycles. The average Bonchev–Trinajstić information content (AvgIpc) is 2.36. The molecule has 0 bridgehead atoms. The van der Waals surface area contributed by atoms with E-state index in [1.165, 1.54) is 7.11 Å². The molecule has 2 aromatic rings. The largest absolute Gasteiger partial charge is 0.497 e. The molecule has 0 N–H and O–H groups in total. The number of esters is 1. The van der Waals surface area contributed by atoms with Crippen molar-refractivity contribution in [2.45, 2.75) is 6.92 Å². The number of nitrogens with zero attached hydrogens (tertiary/aromatic N) is 1. The third kappa shape index (κ3) is 2.06. The van der Waals surface area contributed by atoms with Gasteiger partial charge in [0.1, 0.15) is 11.4 Å². The second-order valence-corrected chi connectivity index (χ2v) is 3.70. The molecule has 17 heavy (non-hydrogen) atoms. The number of fused-ring (bicyclic) bond motifs is 1. The van der Waals surface area contributed by atoms with E-state index in [1.54, 1.807) is 19.2 Å². The Bertz CT molecular complexity index is 578. The summed E-state index contributed by atoms with van der Waals surface area (Å²) in [6.45, 7) is 1.93. The molecule has 88 valence electrons. The third-order valence-electron chi connectivity index (χ3n) is 2.62. The van der Waals surface area contributed by atoms with Crippen molar-refractivity contribution in [1.82, 2.24) is 4.98 Å². The van der Waals surface area contributed by atoms with Gasteiger partial charge in [-0.3, -0.25) is 0 Å². The van der Waals surface area contributed by atoms with Gasteiger partial charge in [0, 0.05) is 11.5 Å². The molecular weight excluding hydrogens is 218 g/mol. The molecule has 0 unspecified atom stereocenters. The highest BCUT2D eigenvalue weighted by atomic mass is 16.5. The summed E-state index contributed by atoms with van der Waals surface area (Å²) in [5, 5.41) is 0.999. The predicted octanol–water partition coefficient (Wildman–Crippen LogP) is 2.34. The van der Waals surface area contributed by atoms with E-state index in [0.29, 0.717) is 11.4 Å². The standard InChI is InChI=1S/C13H13NO3/c1-8-6-12(13(15)17-3)14-11-7-9(16-2)4-5-10(8)11/h4-7H,1-3H3. The minimum absolute atomic E-state index is 0.311. The van der Waals surface area contributed by atoms with Crippen LogP contribution in [0.4, 0.5) is 0 Å². The first kappa shape index (κ1) is 11.4. The second kappa shape index (κ2) is 4.41. The molecule has 1 aromatic heterocycles. The van der Waals surface area contributed by atoms with Gasteiger partial charge in [-0.1, -0.05) is 0 Å². The second-order valence-electron chi connectivity index (χ2n) is 3.70. The van der Waals surface area contributed by atoms with E-state index in [2.05, 4.69) is 9.72 Å². The van der Waals surface area contributed by atoms with Crippen LogP contribution in [0.25, 0.3) is 10.9 Å². The molecule has 2 rings (SSSR count). The molecule has 0 aliphatic carbocycles.